The summed E-state index contributed by atoms with van der Waals surface area (Å²) in [6.07, 6.45) is 5.07. The normalized spacial score (nSPS) is 24.7. The molecule has 1 amide bonds. The maximum atomic E-state index is 12.8. The lowest BCUT2D eigenvalue weighted by Gasteiger charge is -2.32. The van der Waals surface area contributed by atoms with E-state index < -0.39 is 10.0 Å². The van der Waals surface area contributed by atoms with Crippen molar-refractivity contribution < 1.29 is 17.6 Å². The van der Waals surface area contributed by atoms with Gasteiger partial charge in [-0.2, -0.15) is 0 Å². The Balaban J connectivity index is 1.54. The number of rotatable bonds is 3. The van der Waals surface area contributed by atoms with Crippen LogP contribution in [0, 0.1) is 5.92 Å². The van der Waals surface area contributed by atoms with E-state index >= 15 is 0 Å². The fourth-order valence-corrected chi connectivity index (χ4v) is 5.44. The SMILES string of the molecule is CS(=O)(=O)N1CCC(C(=O)N2CCSC(c3ccco3)CC2)CC1. The van der Waals surface area contributed by atoms with Gasteiger partial charge in [0.05, 0.1) is 17.8 Å². The molecule has 24 heavy (non-hydrogen) atoms. The van der Waals surface area contributed by atoms with Gasteiger partial charge in [0.25, 0.3) is 0 Å². The summed E-state index contributed by atoms with van der Waals surface area (Å²) in [5.41, 5.74) is 0. The molecule has 0 saturated carbocycles. The van der Waals surface area contributed by atoms with Crippen molar-refractivity contribution in [1.29, 1.82) is 0 Å². The number of piperidine rings is 1. The van der Waals surface area contributed by atoms with Crippen LogP contribution in [-0.2, 0) is 14.8 Å². The number of hydrogen-bond acceptors (Lipinski definition) is 5. The maximum Gasteiger partial charge on any atom is 0.225 e. The van der Waals surface area contributed by atoms with E-state index in [1.165, 1.54) is 10.6 Å². The average molecular weight is 373 g/mol. The smallest absolute Gasteiger partial charge is 0.225 e. The summed E-state index contributed by atoms with van der Waals surface area (Å²) in [7, 11) is -3.14. The van der Waals surface area contributed by atoms with E-state index in [2.05, 4.69) is 0 Å². The quantitative estimate of drug-likeness (QED) is 0.811. The Morgan fingerprint density at radius 2 is 1.96 bits per heavy atom. The van der Waals surface area contributed by atoms with Gasteiger partial charge in [-0.25, -0.2) is 12.7 Å². The summed E-state index contributed by atoms with van der Waals surface area (Å²) in [6.45, 7) is 2.40. The average Bonchev–Trinajstić information content (AvgIpc) is 2.98. The number of thioether (sulfide) groups is 1. The molecule has 0 radical (unpaired) electrons. The van der Waals surface area contributed by atoms with Crippen LogP contribution in [0.1, 0.15) is 30.3 Å². The van der Waals surface area contributed by atoms with Crippen LogP contribution in [0.25, 0.3) is 0 Å². The monoisotopic (exact) mass is 372 g/mol. The molecule has 0 N–H and O–H groups in total. The summed E-state index contributed by atoms with van der Waals surface area (Å²) >= 11 is 1.84. The van der Waals surface area contributed by atoms with E-state index in [9.17, 15) is 13.2 Å². The third-order valence-corrected chi connectivity index (χ3v) is 7.38. The van der Waals surface area contributed by atoms with Crippen LogP contribution in [0.3, 0.4) is 0 Å². The second-order valence-corrected chi connectivity index (χ2v) is 9.72. The fraction of sp³-hybridized carbons (Fsp3) is 0.688. The van der Waals surface area contributed by atoms with Crippen LogP contribution in [-0.4, -0.2) is 61.7 Å². The Morgan fingerprint density at radius 3 is 2.58 bits per heavy atom. The van der Waals surface area contributed by atoms with E-state index in [1.54, 1.807) is 6.26 Å². The minimum atomic E-state index is -3.14. The van der Waals surface area contributed by atoms with Crippen molar-refractivity contribution in [3.05, 3.63) is 24.2 Å². The van der Waals surface area contributed by atoms with Gasteiger partial charge in [-0.1, -0.05) is 0 Å². The first-order valence-corrected chi connectivity index (χ1v) is 11.2. The molecule has 0 spiro atoms. The first kappa shape index (κ1) is 17.8. The van der Waals surface area contributed by atoms with Crippen LogP contribution in [0.2, 0.25) is 0 Å². The molecule has 0 aromatic carbocycles. The molecule has 3 heterocycles. The molecular weight excluding hydrogens is 348 g/mol. The van der Waals surface area contributed by atoms with Gasteiger partial charge < -0.3 is 9.32 Å². The van der Waals surface area contributed by atoms with Gasteiger partial charge in [0.1, 0.15) is 5.76 Å². The van der Waals surface area contributed by atoms with Gasteiger partial charge in [-0.05, 0) is 31.4 Å². The van der Waals surface area contributed by atoms with Gasteiger partial charge in [-0.3, -0.25) is 4.79 Å². The highest BCUT2D eigenvalue weighted by atomic mass is 32.2. The van der Waals surface area contributed by atoms with Gasteiger partial charge in [0.15, 0.2) is 0 Å². The van der Waals surface area contributed by atoms with Gasteiger partial charge in [0.2, 0.25) is 15.9 Å². The van der Waals surface area contributed by atoms with Crippen molar-refractivity contribution in [2.75, 3.05) is 38.2 Å². The van der Waals surface area contributed by atoms with Crippen LogP contribution >= 0.6 is 11.8 Å². The number of sulfonamides is 1. The van der Waals surface area contributed by atoms with Crippen LogP contribution in [0.4, 0.5) is 0 Å². The topological polar surface area (TPSA) is 70.8 Å². The molecule has 1 aromatic rings. The summed E-state index contributed by atoms with van der Waals surface area (Å²) in [5.74, 6) is 2.02. The van der Waals surface area contributed by atoms with Crippen LogP contribution < -0.4 is 0 Å². The summed E-state index contributed by atoms with van der Waals surface area (Å²) in [6, 6.07) is 3.90. The van der Waals surface area contributed by atoms with Crippen molar-refractivity contribution in [2.24, 2.45) is 5.92 Å². The lowest BCUT2D eigenvalue weighted by molar-refractivity contribution is -0.136. The third kappa shape index (κ3) is 4.15. The lowest BCUT2D eigenvalue weighted by Crippen LogP contribution is -2.44. The number of amides is 1. The lowest BCUT2D eigenvalue weighted by atomic mass is 9.96. The molecule has 1 atom stereocenters. The van der Waals surface area contributed by atoms with E-state index in [0.717, 1.165) is 31.0 Å². The standard InChI is InChI=1S/C16H24N2O4S2/c1-24(20,21)18-8-4-13(5-9-18)16(19)17-7-6-15(23-12-10-17)14-3-2-11-22-14/h2-3,11,13,15H,4-10,12H2,1H3. The van der Waals surface area contributed by atoms with Crippen LogP contribution in [0.15, 0.2) is 22.8 Å². The molecule has 1 unspecified atom stereocenters. The minimum absolute atomic E-state index is 0.0480. The summed E-state index contributed by atoms with van der Waals surface area (Å²) in [5, 5.41) is 0.310. The number of furan rings is 1. The third-order valence-electron chi connectivity index (χ3n) is 4.79. The Morgan fingerprint density at radius 1 is 1.21 bits per heavy atom. The zero-order valence-corrected chi connectivity index (χ0v) is 15.5. The number of carbonyl (C=O) groups is 1. The van der Waals surface area contributed by atoms with Crippen molar-refractivity contribution in [2.45, 2.75) is 24.5 Å². The predicted octanol–water partition coefficient (Wildman–Crippen LogP) is 1.96. The summed E-state index contributed by atoms with van der Waals surface area (Å²) < 4.78 is 30.1. The number of nitrogens with zero attached hydrogens (tertiary/aromatic N) is 2. The molecule has 1 aromatic heterocycles. The molecule has 2 saturated heterocycles. The number of carbonyl (C=O) groups excluding carboxylic acids is 1. The molecule has 2 aliphatic rings. The van der Waals surface area contributed by atoms with Crippen molar-refractivity contribution in [3.63, 3.8) is 0 Å². The molecule has 0 bridgehead atoms. The van der Waals surface area contributed by atoms with Crippen LogP contribution in [0.5, 0.6) is 0 Å². The predicted molar refractivity (Wildman–Crippen MR) is 94.2 cm³/mol. The minimum Gasteiger partial charge on any atom is -0.468 e. The molecule has 134 valence electrons. The highest BCUT2D eigenvalue weighted by molar-refractivity contribution is 7.99. The number of hydrogen-bond donors (Lipinski definition) is 0. The molecule has 8 heteroatoms. The zero-order valence-electron chi connectivity index (χ0n) is 13.9. The van der Waals surface area contributed by atoms with Gasteiger partial charge in [-0.15, -0.1) is 11.8 Å². The zero-order chi connectivity index (χ0) is 17.2. The van der Waals surface area contributed by atoms with Gasteiger partial charge in [0, 0.05) is 37.8 Å². The van der Waals surface area contributed by atoms with Gasteiger partial charge >= 0.3 is 0 Å². The van der Waals surface area contributed by atoms with E-state index in [0.29, 0.717) is 31.2 Å². The van der Waals surface area contributed by atoms with Crippen molar-refractivity contribution in [1.82, 2.24) is 9.21 Å². The molecule has 0 aliphatic carbocycles. The molecule has 2 fully saturated rings. The van der Waals surface area contributed by atoms with E-state index in [1.807, 2.05) is 28.8 Å². The Kier molecular flexibility index (Phi) is 5.56. The largest absolute Gasteiger partial charge is 0.468 e. The molecular formula is C16H24N2O4S2. The highest BCUT2D eigenvalue weighted by Gasteiger charge is 2.32. The second kappa shape index (κ2) is 7.49. The first-order valence-electron chi connectivity index (χ1n) is 8.34. The fourth-order valence-electron chi connectivity index (χ4n) is 3.39. The van der Waals surface area contributed by atoms with Crippen molar-refractivity contribution >= 4 is 27.7 Å². The van der Waals surface area contributed by atoms with E-state index in [4.69, 9.17) is 4.42 Å². The van der Waals surface area contributed by atoms with E-state index in [-0.39, 0.29) is 11.8 Å². The first-order chi connectivity index (χ1) is 11.4. The Hall–Kier alpha value is -0.990. The maximum absolute atomic E-state index is 12.8. The highest BCUT2D eigenvalue weighted by Crippen LogP contribution is 2.35. The molecule has 3 rings (SSSR count). The van der Waals surface area contributed by atoms with Crippen molar-refractivity contribution in [3.8, 4) is 0 Å². The summed E-state index contributed by atoms with van der Waals surface area (Å²) in [4.78, 5) is 14.7. The Labute approximate surface area is 147 Å². The molecule has 6 nitrogen and oxygen atoms in total. The second-order valence-electron chi connectivity index (χ2n) is 6.43. The Bertz CT molecular complexity index is 652. The molecule has 2 aliphatic heterocycles.